The Morgan fingerprint density at radius 2 is 1.16 bits per heavy atom. The summed E-state index contributed by atoms with van der Waals surface area (Å²) in [6.07, 6.45) is 0. The van der Waals surface area contributed by atoms with Crippen molar-refractivity contribution in [2.75, 3.05) is 0 Å². The van der Waals surface area contributed by atoms with Crippen molar-refractivity contribution in [1.82, 2.24) is 0 Å². The van der Waals surface area contributed by atoms with Gasteiger partial charge in [0.2, 0.25) is 0 Å². The van der Waals surface area contributed by atoms with E-state index in [1.807, 2.05) is 36.4 Å². The predicted octanol–water partition coefficient (Wildman–Crippen LogP) is 6.22. The fraction of sp³-hybridized carbons (Fsp3) is 0.143. The predicted molar refractivity (Wildman–Crippen MR) is 92.0 cm³/mol. The van der Waals surface area contributed by atoms with Gasteiger partial charge in [-0.1, -0.05) is 68.3 Å². The highest BCUT2D eigenvalue weighted by molar-refractivity contribution is 9.10. The van der Waals surface area contributed by atoms with Crippen LogP contribution < -0.4 is 0 Å². The van der Waals surface area contributed by atoms with Gasteiger partial charge in [0, 0.05) is 44.5 Å². The van der Waals surface area contributed by atoms with Gasteiger partial charge in [-0.3, -0.25) is 0 Å². The van der Waals surface area contributed by atoms with Gasteiger partial charge in [-0.25, -0.2) is 3.63 Å². The second-order valence-corrected chi connectivity index (χ2v) is 7.08. The van der Waals surface area contributed by atoms with Crippen LogP contribution in [-0.2, 0) is 15.1 Å². The van der Waals surface area contributed by atoms with Gasteiger partial charge < -0.3 is 0 Å². The molecule has 0 aromatic heterocycles. The smallest absolute Gasteiger partial charge is 0.0472 e. The first-order valence-electron chi connectivity index (χ1n) is 5.65. The van der Waals surface area contributed by atoms with Crippen molar-refractivity contribution in [2.45, 2.75) is 11.5 Å². The maximum atomic E-state index is 5.54. The zero-order valence-electron chi connectivity index (χ0n) is 10.0. The minimum atomic E-state index is 0.838. The SMILES string of the molecule is Brc1ccccc1CSOSCc1ccccc1Br. The molecule has 0 atom stereocenters. The molecule has 0 bridgehead atoms. The van der Waals surface area contributed by atoms with Crippen LogP contribution in [0.5, 0.6) is 0 Å². The Balaban J connectivity index is 1.71. The van der Waals surface area contributed by atoms with Crippen LogP contribution in [0.1, 0.15) is 11.1 Å². The molecule has 19 heavy (non-hydrogen) atoms. The van der Waals surface area contributed by atoms with E-state index >= 15 is 0 Å². The minimum absolute atomic E-state index is 0.838. The Hall–Kier alpha value is 0.0600. The van der Waals surface area contributed by atoms with Crippen molar-refractivity contribution < 1.29 is 3.63 Å². The number of rotatable bonds is 6. The van der Waals surface area contributed by atoms with E-state index in [0.29, 0.717) is 0 Å². The fourth-order valence-corrected chi connectivity index (χ4v) is 4.08. The van der Waals surface area contributed by atoms with E-state index in [2.05, 4.69) is 44.0 Å². The highest BCUT2D eigenvalue weighted by Crippen LogP contribution is 2.28. The summed E-state index contributed by atoms with van der Waals surface area (Å²) in [7, 11) is 0. The van der Waals surface area contributed by atoms with Gasteiger partial charge in [-0.2, -0.15) is 0 Å². The summed E-state index contributed by atoms with van der Waals surface area (Å²) in [4.78, 5) is 0. The Kier molecular flexibility index (Phi) is 6.81. The molecular weight excluding hydrogens is 408 g/mol. The third kappa shape index (κ3) is 5.16. The molecule has 0 fully saturated rings. The molecule has 0 saturated carbocycles. The lowest BCUT2D eigenvalue weighted by Gasteiger charge is -2.05. The molecule has 0 amide bonds. The van der Waals surface area contributed by atoms with Crippen molar-refractivity contribution >= 4 is 55.9 Å². The van der Waals surface area contributed by atoms with Gasteiger partial charge >= 0.3 is 0 Å². The lowest BCUT2D eigenvalue weighted by molar-refractivity contribution is 0.755. The molecule has 5 heteroatoms. The Labute approximate surface area is 139 Å². The van der Waals surface area contributed by atoms with E-state index in [4.69, 9.17) is 3.63 Å². The van der Waals surface area contributed by atoms with Crippen LogP contribution in [0.2, 0.25) is 0 Å². The van der Waals surface area contributed by atoms with Crippen LogP contribution in [0, 0.1) is 0 Å². The Morgan fingerprint density at radius 1 is 0.737 bits per heavy atom. The minimum Gasteiger partial charge on any atom is -0.247 e. The normalized spacial score (nSPS) is 10.6. The van der Waals surface area contributed by atoms with E-state index in [9.17, 15) is 0 Å². The molecule has 0 aliphatic rings. The lowest BCUT2D eigenvalue weighted by atomic mass is 10.2. The monoisotopic (exact) mass is 418 g/mol. The van der Waals surface area contributed by atoms with Crippen molar-refractivity contribution in [2.24, 2.45) is 0 Å². The van der Waals surface area contributed by atoms with Crippen LogP contribution in [0.4, 0.5) is 0 Å². The van der Waals surface area contributed by atoms with Gasteiger partial charge in [0.1, 0.15) is 0 Å². The maximum Gasteiger partial charge on any atom is 0.0472 e. The molecule has 0 spiro atoms. The Morgan fingerprint density at radius 3 is 1.58 bits per heavy atom. The summed E-state index contributed by atoms with van der Waals surface area (Å²) in [6, 6.07) is 16.4. The summed E-state index contributed by atoms with van der Waals surface area (Å²) >= 11 is 9.99. The first-order chi connectivity index (χ1) is 9.27. The highest BCUT2D eigenvalue weighted by atomic mass is 79.9. The number of halogens is 2. The maximum absolute atomic E-state index is 5.54. The summed E-state index contributed by atoms with van der Waals surface area (Å²) in [5, 5.41) is 0. The second kappa shape index (κ2) is 8.37. The molecule has 2 aromatic carbocycles. The van der Waals surface area contributed by atoms with Crippen molar-refractivity contribution in [1.29, 1.82) is 0 Å². The average Bonchev–Trinajstić information content (AvgIpc) is 2.42. The van der Waals surface area contributed by atoms with Gasteiger partial charge in [-0.05, 0) is 23.3 Å². The molecule has 0 heterocycles. The van der Waals surface area contributed by atoms with E-state index in [1.165, 1.54) is 35.2 Å². The quantitative estimate of drug-likeness (QED) is 0.406. The van der Waals surface area contributed by atoms with Crippen molar-refractivity contribution in [3.05, 3.63) is 68.6 Å². The third-order valence-electron chi connectivity index (χ3n) is 2.44. The lowest BCUT2D eigenvalue weighted by Crippen LogP contribution is -1.84. The number of benzene rings is 2. The van der Waals surface area contributed by atoms with Crippen LogP contribution in [0.15, 0.2) is 57.5 Å². The van der Waals surface area contributed by atoms with Crippen LogP contribution in [0.25, 0.3) is 0 Å². The largest absolute Gasteiger partial charge is 0.247 e. The van der Waals surface area contributed by atoms with Crippen LogP contribution in [-0.4, -0.2) is 0 Å². The topological polar surface area (TPSA) is 9.23 Å². The molecule has 2 rings (SSSR count). The van der Waals surface area contributed by atoms with Crippen LogP contribution >= 0.6 is 55.9 Å². The van der Waals surface area contributed by atoms with E-state index < -0.39 is 0 Å². The summed E-state index contributed by atoms with van der Waals surface area (Å²) in [5.74, 6) is 1.68. The van der Waals surface area contributed by atoms with Crippen LogP contribution in [0.3, 0.4) is 0 Å². The molecule has 2 aromatic rings. The second-order valence-electron chi connectivity index (χ2n) is 3.78. The van der Waals surface area contributed by atoms with Gasteiger partial charge in [-0.15, -0.1) is 0 Å². The third-order valence-corrected chi connectivity index (χ3v) is 5.62. The molecule has 0 aliphatic heterocycles. The standard InChI is InChI=1S/C14H12Br2OS2/c15-13-7-3-1-5-11(13)9-18-17-19-10-12-6-2-4-8-14(12)16/h1-8H,9-10H2. The molecule has 100 valence electrons. The van der Waals surface area contributed by atoms with Gasteiger partial charge in [0.05, 0.1) is 0 Å². The zero-order valence-corrected chi connectivity index (χ0v) is 14.8. The highest BCUT2D eigenvalue weighted by Gasteiger charge is 2.02. The first kappa shape index (κ1) is 15.4. The molecule has 0 N–H and O–H groups in total. The molecule has 0 aliphatic carbocycles. The average molecular weight is 420 g/mol. The summed E-state index contributed by atoms with van der Waals surface area (Å²) in [6.45, 7) is 0. The van der Waals surface area contributed by atoms with E-state index in [-0.39, 0.29) is 0 Å². The van der Waals surface area contributed by atoms with Gasteiger partial charge in [0.25, 0.3) is 0 Å². The molecule has 0 radical (unpaired) electrons. The zero-order chi connectivity index (χ0) is 13.5. The van der Waals surface area contributed by atoms with E-state index in [1.54, 1.807) is 0 Å². The summed E-state index contributed by atoms with van der Waals surface area (Å²) < 4.78 is 7.80. The molecule has 1 nitrogen and oxygen atoms in total. The number of hydrogen-bond acceptors (Lipinski definition) is 3. The fourth-order valence-electron chi connectivity index (χ4n) is 1.44. The molecule has 0 saturated heterocycles. The molecular formula is C14H12Br2OS2. The first-order valence-corrected chi connectivity index (χ1v) is 9.06. The number of hydrogen-bond donors (Lipinski definition) is 0. The van der Waals surface area contributed by atoms with E-state index in [0.717, 1.165) is 20.5 Å². The van der Waals surface area contributed by atoms with Gasteiger partial charge in [0.15, 0.2) is 0 Å². The summed E-state index contributed by atoms with van der Waals surface area (Å²) in [5.41, 5.74) is 2.49. The molecule has 0 unspecified atom stereocenters. The van der Waals surface area contributed by atoms with Crippen molar-refractivity contribution in [3.8, 4) is 0 Å². The van der Waals surface area contributed by atoms with Crippen molar-refractivity contribution in [3.63, 3.8) is 0 Å². The Bertz CT molecular complexity index is 487.